The van der Waals surface area contributed by atoms with Gasteiger partial charge < -0.3 is 10.4 Å². The number of thiazole rings is 1. The first-order chi connectivity index (χ1) is 8.67. The Balaban J connectivity index is 2.06. The van der Waals surface area contributed by atoms with Gasteiger partial charge in [0.25, 0.3) is 0 Å². The maximum atomic E-state index is 10.5. The minimum Gasteiger partial charge on any atom is -0.481 e. The minimum atomic E-state index is -0.898. The molecule has 5 nitrogen and oxygen atoms in total. The number of carboxylic acids is 1. The standard InChI is InChI=1S/C12H9N3O2S/c13-6-8-1-3-9(4-2-8)14-12-15-10(7-18-12)5-11(16)17/h1-4,7H,5H2,(H,14,15)(H,16,17). The zero-order valence-electron chi connectivity index (χ0n) is 9.25. The van der Waals surface area contributed by atoms with Crippen molar-refractivity contribution < 1.29 is 9.90 Å². The molecule has 0 saturated carbocycles. The van der Waals surface area contributed by atoms with Crippen molar-refractivity contribution in [2.75, 3.05) is 5.32 Å². The first-order valence-electron chi connectivity index (χ1n) is 5.11. The van der Waals surface area contributed by atoms with Crippen LogP contribution < -0.4 is 5.32 Å². The molecule has 0 aliphatic rings. The van der Waals surface area contributed by atoms with E-state index in [0.29, 0.717) is 16.4 Å². The van der Waals surface area contributed by atoms with Crippen LogP contribution in [0.3, 0.4) is 0 Å². The Morgan fingerprint density at radius 2 is 2.17 bits per heavy atom. The van der Waals surface area contributed by atoms with E-state index < -0.39 is 5.97 Å². The number of hydrogen-bond donors (Lipinski definition) is 2. The molecule has 1 aromatic carbocycles. The summed E-state index contributed by atoms with van der Waals surface area (Å²) < 4.78 is 0. The van der Waals surface area contributed by atoms with E-state index in [0.717, 1.165) is 5.69 Å². The number of anilines is 2. The van der Waals surface area contributed by atoms with Gasteiger partial charge in [-0.1, -0.05) is 0 Å². The largest absolute Gasteiger partial charge is 0.481 e. The van der Waals surface area contributed by atoms with Gasteiger partial charge in [-0.2, -0.15) is 5.26 Å². The van der Waals surface area contributed by atoms with E-state index in [-0.39, 0.29) is 6.42 Å². The second-order valence-electron chi connectivity index (χ2n) is 3.53. The topological polar surface area (TPSA) is 86.0 Å². The van der Waals surface area contributed by atoms with Crippen LogP contribution in [-0.2, 0) is 11.2 Å². The molecule has 0 amide bonds. The van der Waals surface area contributed by atoms with Crippen LogP contribution in [0.5, 0.6) is 0 Å². The lowest BCUT2D eigenvalue weighted by molar-refractivity contribution is -0.136. The molecule has 0 aliphatic carbocycles. The molecule has 0 fully saturated rings. The number of nitrogens with one attached hydrogen (secondary N) is 1. The van der Waals surface area contributed by atoms with Crippen molar-refractivity contribution in [1.29, 1.82) is 5.26 Å². The highest BCUT2D eigenvalue weighted by Crippen LogP contribution is 2.21. The van der Waals surface area contributed by atoms with Crippen molar-refractivity contribution in [1.82, 2.24) is 4.98 Å². The van der Waals surface area contributed by atoms with E-state index in [2.05, 4.69) is 10.3 Å². The molecule has 0 aliphatic heterocycles. The molecule has 18 heavy (non-hydrogen) atoms. The zero-order valence-corrected chi connectivity index (χ0v) is 10.1. The number of aromatic nitrogens is 1. The number of benzene rings is 1. The molecular weight excluding hydrogens is 250 g/mol. The first kappa shape index (κ1) is 12.1. The Bertz CT molecular complexity index is 599. The molecule has 2 rings (SSSR count). The molecular formula is C12H9N3O2S. The number of nitriles is 1. The van der Waals surface area contributed by atoms with Gasteiger partial charge in [0.15, 0.2) is 5.13 Å². The third-order valence-electron chi connectivity index (χ3n) is 2.15. The van der Waals surface area contributed by atoms with Crippen molar-refractivity contribution in [3.05, 3.63) is 40.9 Å². The van der Waals surface area contributed by atoms with E-state index in [1.165, 1.54) is 11.3 Å². The molecule has 0 unspecified atom stereocenters. The van der Waals surface area contributed by atoms with Gasteiger partial charge in [0.2, 0.25) is 0 Å². The van der Waals surface area contributed by atoms with Crippen LogP contribution in [0.1, 0.15) is 11.3 Å². The Kier molecular flexibility index (Phi) is 3.55. The number of hydrogen-bond acceptors (Lipinski definition) is 5. The maximum Gasteiger partial charge on any atom is 0.309 e. The molecule has 90 valence electrons. The van der Waals surface area contributed by atoms with Crippen molar-refractivity contribution in [2.24, 2.45) is 0 Å². The van der Waals surface area contributed by atoms with E-state index in [9.17, 15) is 4.79 Å². The predicted molar refractivity (Wildman–Crippen MR) is 67.9 cm³/mol. The van der Waals surface area contributed by atoms with Crippen LogP contribution in [-0.4, -0.2) is 16.1 Å². The zero-order chi connectivity index (χ0) is 13.0. The van der Waals surface area contributed by atoms with Crippen molar-refractivity contribution in [2.45, 2.75) is 6.42 Å². The number of carbonyl (C=O) groups is 1. The lowest BCUT2D eigenvalue weighted by Gasteiger charge is -2.01. The summed E-state index contributed by atoms with van der Waals surface area (Å²) in [7, 11) is 0. The predicted octanol–water partition coefficient (Wildman–Crippen LogP) is 2.39. The average Bonchev–Trinajstić information content (AvgIpc) is 2.76. The lowest BCUT2D eigenvalue weighted by atomic mass is 10.2. The van der Waals surface area contributed by atoms with Crippen LogP contribution >= 0.6 is 11.3 Å². The normalized spacial score (nSPS) is 9.72. The Morgan fingerprint density at radius 1 is 1.44 bits per heavy atom. The van der Waals surface area contributed by atoms with E-state index in [4.69, 9.17) is 10.4 Å². The fourth-order valence-corrected chi connectivity index (χ4v) is 2.08. The number of rotatable bonds is 4. The fourth-order valence-electron chi connectivity index (χ4n) is 1.35. The Hall–Kier alpha value is -2.39. The summed E-state index contributed by atoms with van der Waals surface area (Å²) in [5.74, 6) is -0.898. The molecule has 2 aromatic rings. The van der Waals surface area contributed by atoms with Crippen LogP contribution in [0.25, 0.3) is 0 Å². The minimum absolute atomic E-state index is 0.0778. The van der Waals surface area contributed by atoms with Crippen molar-refractivity contribution >= 4 is 28.1 Å². The Morgan fingerprint density at radius 3 is 2.78 bits per heavy atom. The van der Waals surface area contributed by atoms with Gasteiger partial charge in [-0.3, -0.25) is 4.79 Å². The van der Waals surface area contributed by atoms with Crippen LogP contribution in [0, 0.1) is 11.3 Å². The highest BCUT2D eigenvalue weighted by Gasteiger charge is 2.06. The third-order valence-corrected chi connectivity index (χ3v) is 2.96. The van der Waals surface area contributed by atoms with E-state index in [1.54, 1.807) is 29.6 Å². The monoisotopic (exact) mass is 259 g/mol. The van der Waals surface area contributed by atoms with Gasteiger partial charge in [-0.15, -0.1) is 11.3 Å². The van der Waals surface area contributed by atoms with Gasteiger partial charge in [0.05, 0.1) is 23.7 Å². The van der Waals surface area contributed by atoms with E-state index in [1.807, 2.05) is 6.07 Å². The maximum absolute atomic E-state index is 10.5. The van der Waals surface area contributed by atoms with Gasteiger partial charge in [0.1, 0.15) is 0 Å². The summed E-state index contributed by atoms with van der Waals surface area (Å²) in [5.41, 5.74) is 1.93. The van der Waals surface area contributed by atoms with Crippen LogP contribution in [0.2, 0.25) is 0 Å². The van der Waals surface area contributed by atoms with Gasteiger partial charge in [0, 0.05) is 11.1 Å². The summed E-state index contributed by atoms with van der Waals surface area (Å²) in [6.07, 6.45) is -0.0778. The molecule has 0 spiro atoms. The quantitative estimate of drug-likeness (QED) is 0.880. The summed E-state index contributed by atoms with van der Waals surface area (Å²) in [4.78, 5) is 14.7. The number of carboxylic acid groups (broad SMARTS) is 1. The second kappa shape index (κ2) is 5.29. The number of aliphatic carboxylic acids is 1. The van der Waals surface area contributed by atoms with Gasteiger partial charge in [-0.25, -0.2) is 4.98 Å². The van der Waals surface area contributed by atoms with Crippen molar-refractivity contribution in [3.8, 4) is 6.07 Å². The lowest BCUT2D eigenvalue weighted by Crippen LogP contribution is -2.00. The summed E-state index contributed by atoms with van der Waals surface area (Å²) in [5, 5.41) is 22.7. The molecule has 0 atom stereocenters. The Labute approximate surface area is 107 Å². The molecule has 2 N–H and O–H groups in total. The fraction of sp³-hybridized carbons (Fsp3) is 0.0833. The van der Waals surface area contributed by atoms with Crippen molar-refractivity contribution in [3.63, 3.8) is 0 Å². The van der Waals surface area contributed by atoms with E-state index >= 15 is 0 Å². The summed E-state index contributed by atoms with van der Waals surface area (Å²) >= 11 is 1.35. The molecule has 6 heteroatoms. The molecule has 0 saturated heterocycles. The SMILES string of the molecule is N#Cc1ccc(Nc2nc(CC(=O)O)cs2)cc1. The average molecular weight is 259 g/mol. The molecule has 1 aromatic heterocycles. The van der Waals surface area contributed by atoms with Crippen LogP contribution in [0.4, 0.5) is 10.8 Å². The first-order valence-corrected chi connectivity index (χ1v) is 5.99. The molecule has 0 bridgehead atoms. The second-order valence-corrected chi connectivity index (χ2v) is 4.39. The summed E-state index contributed by atoms with van der Waals surface area (Å²) in [6.45, 7) is 0. The van der Waals surface area contributed by atoms with Crippen LogP contribution in [0.15, 0.2) is 29.6 Å². The molecule has 0 radical (unpaired) electrons. The number of nitrogens with zero attached hydrogens (tertiary/aromatic N) is 2. The third kappa shape index (κ3) is 3.06. The smallest absolute Gasteiger partial charge is 0.309 e. The van der Waals surface area contributed by atoms with Gasteiger partial charge in [-0.05, 0) is 24.3 Å². The highest BCUT2D eigenvalue weighted by molar-refractivity contribution is 7.13. The summed E-state index contributed by atoms with van der Waals surface area (Å²) in [6, 6.07) is 8.99. The van der Waals surface area contributed by atoms with Gasteiger partial charge >= 0.3 is 5.97 Å². The molecule has 1 heterocycles. The highest BCUT2D eigenvalue weighted by atomic mass is 32.1.